The molecule has 38 heavy (non-hydrogen) atoms. The van der Waals surface area contributed by atoms with Crippen LogP contribution in [0.2, 0.25) is 36.3 Å². The number of methoxy groups -OCH3 is 1. The molecule has 1 aliphatic heterocycles. The number of ether oxygens (including phenoxy) is 3. The van der Waals surface area contributed by atoms with E-state index in [1.807, 2.05) is 6.92 Å². The molecular weight excluding hydrogens is 520 g/mol. The van der Waals surface area contributed by atoms with Gasteiger partial charge in [0.25, 0.3) is 0 Å². The Morgan fingerprint density at radius 3 is 1.61 bits per heavy atom. The first-order valence-electron chi connectivity index (χ1n) is 13.7. The van der Waals surface area contributed by atoms with Gasteiger partial charge in [-0.25, -0.2) is 0 Å². The molecule has 10 heteroatoms. The summed E-state index contributed by atoms with van der Waals surface area (Å²) in [5.41, 5.74) is -1.46. The van der Waals surface area contributed by atoms with Gasteiger partial charge in [0, 0.05) is 13.5 Å². The first-order chi connectivity index (χ1) is 16.9. The predicted octanol–water partition coefficient (Wildman–Crippen LogP) is 6.03. The molecule has 1 rings (SSSR count). The summed E-state index contributed by atoms with van der Waals surface area (Å²) < 4.78 is 32.0. The molecule has 0 aliphatic carbocycles. The van der Waals surface area contributed by atoms with E-state index in [0.29, 0.717) is 0 Å². The van der Waals surface area contributed by atoms with Crippen LogP contribution >= 0.6 is 0 Å². The van der Waals surface area contributed by atoms with Crippen molar-refractivity contribution in [3.05, 3.63) is 0 Å². The van der Waals surface area contributed by atoms with Crippen LogP contribution in [0.4, 0.5) is 0 Å². The zero-order valence-electron chi connectivity index (χ0n) is 26.6. The second kappa shape index (κ2) is 12.3. The maximum Gasteiger partial charge on any atom is 0.319 e. The van der Waals surface area contributed by atoms with Crippen LogP contribution in [0.3, 0.4) is 0 Å². The molecule has 8 nitrogen and oxygen atoms in total. The van der Waals surface area contributed by atoms with Gasteiger partial charge in [-0.15, -0.1) is 0 Å². The number of carbonyl (C=O) groups excluding carboxylic acids is 3. The molecule has 0 unspecified atom stereocenters. The monoisotopic (exact) mass is 574 g/mol. The molecule has 1 aliphatic rings. The predicted molar refractivity (Wildman–Crippen MR) is 154 cm³/mol. The van der Waals surface area contributed by atoms with Crippen molar-refractivity contribution in [2.45, 2.75) is 149 Å². The first kappa shape index (κ1) is 35.1. The molecule has 1 heterocycles. The number of hydrogen-bond acceptors (Lipinski definition) is 8. The molecule has 0 spiro atoms. The second-order valence-corrected chi connectivity index (χ2v) is 23.6. The quantitative estimate of drug-likeness (QED) is 0.167. The fourth-order valence-corrected chi connectivity index (χ4v) is 6.30. The summed E-state index contributed by atoms with van der Waals surface area (Å²) in [6, 6.07) is 0. The van der Waals surface area contributed by atoms with E-state index in [2.05, 4.69) is 67.7 Å². The van der Waals surface area contributed by atoms with Gasteiger partial charge in [0.15, 0.2) is 29.0 Å². The van der Waals surface area contributed by atoms with Crippen LogP contribution in [-0.4, -0.2) is 72.0 Å². The lowest BCUT2D eigenvalue weighted by molar-refractivity contribution is -0.284. The Bertz CT molecular complexity index is 858. The van der Waals surface area contributed by atoms with E-state index < -0.39 is 58.7 Å². The van der Waals surface area contributed by atoms with Crippen LogP contribution in [0.5, 0.6) is 0 Å². The maximum absolute atomic E-state index is 13.6. The Morgan fingerprint density at radius 1 is 0.789 bits per heavy atom. The number of Topliss-reactive ketones (excluding diaryl/α,β-unsaturated/α-hetero) is 2. The summed E-state index contributed by atoms with van der Waals surface area (Å²) in [6.07, 6.45) is -3.28. The minimum atomic E-state index is -2.40. The highest BCUT2D eigenvalue weighted by Gasteiger charge is 2.55. The van der Waals surface area contributed by atoms with Crippen LogP contribution < -0.4 is 0 Å². The van der Waals surface area contributed by atoms with Crippen molar-refractivity contribution in [1.29, 1.82) is 0 Å². The minimum absolute atomic E-state index is 0.0802. The van der Waals surface area contributed by atoms with Gasteiger partial charge in [-0.2, -0.15) is 0 Å². The van der Waals surface area contributed by atoms with Crippen molar-refractivity contribution in [1.82, 2.24) is 0 Å². The summed E-state index contributed by atoms with van der Waals surface area (Å²) in [5.74, 6) is -1.12. The van der Waals surface area contributed by atoms with Crippen molar-refractivity contribution < 1.29 is 37.4 Å². The SMILES string of the molecule is CO[C@H]1O[C@H](C)[C@@H](OC(=O)[C@](C)(CCC(C)=O)C(C)=O)[C@H](O[Si](C)(C)C(C)(C)C)[C@H]1O[Si](C)(C)C(C)(C)C. The lowest BCUT2D eigenvalue weighted by Gasteiger charge is -2.52. The molecule has 1 fully saturated rings. The van der Waals surface area contributed by atoms with Gasteiger partial charge in [-0.1, -0.05) is 41.5 Å². The zero-order chi connectivity index (χ0) is 30.1. The maximum atomic E-state index is 13.6. The Balaban J connectivity index is 3.61. The van der Waals surface area contributed by atoms with Crippen LogP contribution in [0.1, 0.15) is 82.1 Å². The van der Waals surface area contributed by atoms with E-state index in [1.165, 1.54) is 13.8 Å². The number of hydrogen-bond donors (Lipinski definition) is 0. The van der Waals surface area contributed by atoms with Gasteiger partial charge in [0.05, 0.1) is 6.10 Å². The topological polar surface area (TPSA) is 97.4 Å². The summed E-state index contributed by atoms with van der Waals surface area (Å²) >= 11 is 0. The molecule has 6 atom stereocenters. The van der Waals surface area contributed by atoms with Crippen molar-refractivity contribution in [3.8, 4) is 0 Å². The molecule has 1 saturated heterocycles. The highest BCUT2D eigenvalue weighted by molar-refractivity contribution is 6.74. The van der Waals surface area contributed by atoms with E-state index in [9.17, 15) is 14.4 Å². The van der Waals surface area contributed by atoms with Gasteiger partial charge in [-0.3, -0.25) is 9.59 Å². The Hall–Kier alpha value is -0.916. The van der Waals surface area contributed by atoms with E-state index in [0.717, 1.165) is 0 Å². The average Bonchev–Trinajstić information content (AvgIpc) is 2.73. The molecule has 0 aromatic carbocycles. The van der Waals surface area contributed by atoms with E-state index in [4.69, 9.17) is 23.1 Å². The third-order valence-electron chi connectivity index (χ3n) is 8.88. The van der Waals surface area contributed by atoms with Gasteiger partial charge < -0.3 is 27.9 Å². The molecule has 0 aromatic heterocycles. The van der Waals surface area contributed by atoms with E-state index >= 15 is 0 Å². The van der Waals surface area contributed by atoms with E-state index in [1.54, 1.807) is 14.0 Å². The summed E-state index contributed by atoms with van der Waals surface area (Å²) in [5, 5.41) is -0.218. The number of rotatable bonds is 11. The number of ketones is 2. The second-order valence-electron chi connectivity index (χ2n) is 14.1. The standard InChI is InChI=1S/C28H54O8Si2/c1-18(29)16-17-28(10,20(3)30)25(31)34-21-19(2)33-24(32-11)23(36-38(14,15)27(7,8)9)22(21)35-37(12,13)26(4,5)6/h19,21-24H,16-17H2,1-15H3/t19-,21-,22+,23-,24+,28-/m1/s1. The van der Waals surface area contributed by atoms with Crippen LogP contribution in [-0.2, 0) is 37.4 Å². The highest BCUT2D eigenvalue weighted by Crippen LogP contribution is 2.44. The molecule has 0 aromatic rings. The van der Waals surface area contributed by atoms with Crippen molar-refractivity contribution in [2.75, 3.05) is 7.11 Å². The van der Waals surface area contributed by atoms with Crippen LogP contribution in [0, 0.1) is 5.41 Å². The normalized spacial score (nSPS) is 27.0. The average molecular weight is 575 g/mol. The Morgan fingerprint density at radius 2 is 1.24 bits per heavy atom. The smallest absolute Gasteiger partial charge is 0.319 e. The van der Waals surface area contributed by atoms with Crippen molar-refractivity contribution >= 4 is 34.2 Å². The van der Waals surface area contributed by atoms with Crippen LogP contribution in [0.15, 0.2) is 0 Å². The lowest BCUT2D eigenvalue weighted by Crippen LogP contribution is -2.66. The van der Waals surface area contributed by atoms with Crippen molar-refractivity contribution in [2.24, 2.45) is 5.41 Å². The lowest BCUT2D eigenvalue weighted by atomic mass is 9.81. The zero-order valence-corrected chi connectivity index (χ0v) is 28.6. The third-order valence-corrected chi connectivity index (χ3v) is 17.8. The summed E-state index contributed by atoms with van der Waals surface area (Å²) in [7, 11) is -3.16. The fraction of sp³-hybridized carbons (Fsp3) is 0.893. The fourth-order valence-electron chi connectivity index (χ4n) is 3.72. The Labute approximate surface area is 233 Å². The van der Waals surface area contributed by atoms with Gasteiger partial charge in [0.1, 0.15) is 29.2 Å². The van der Waals surface area contributed by atoms with E-state index in [-0.39, 0.29) is 34.5 Å². The minimum Gasteiger partial charge on any atom is -0.456 e. The molecule has 0 saturated carbocycles. The van der Waals surface area contributed by atoms with Crippen LogP contribution in [0.25, 0.3) is 0 Å². The summed E-state index contributed by atoms with van der Waals surface area (Å²) in [6.45, 7) is 27.6. The van der Waals surface area contributed by atoms with Gasteiger partial charge in [0.2, 0.25) is 0 Å². The molecule has 0 radical (unpaired) electrons. The molecule has 0 N–H and O–H groups in total. The Kier molecular flexibility index (Phi) is 11.4. The van der Waals surface area contributed by atoms with Gasteiger partial charge in [-0.05, 0) is 70.4 Å². The van der Waals surface area contributed by atoms with Gasteiger partial charge >= 0.3 is 5.97 Å². The molecular formula is C28H54O8Si2. The molecule has 0 amide bonds. The first-order valence-corrected chi connectivity index (χ1v) is 19.5. The summed E-state index contributed by atoms with van der Waals surface area (Å²) in [4.78, 5) is 37.9. The number of esters is 1. The molecule has 0 bridgehead atoms. The number of carbonyl (C=O) groups is 3. The largest absolute Gasteiger partial charge is 0.456 e. The molecule has 222 valence electrons. The van der Waals surface area contributed by atoms with Crippen molar-refractivity contribution in [3.63, 3.8) is 0 Å². The third kappa shape index (κ3) is 8.07. The highest BCUT2D eigenvalue weighted by atomic mass is 28.4.